The summed E-state index contributed by atoms with van der Waals surface area (Å²) in [6.45, 7) is 5.03. The van der Waals surface area contributed by atoms with Crippen molar-refractivity contribution in [2.45, 2.75) is 20.8 Å². The van der Waals surface area contributed by atoms with Gasteiger partial charge in [0.2, 0.25) is 0 Å². The van der Waals surface area contributed by atoms with Gasteiger partial charge >= 0.3 is 5.97 Å². The van der Waals surface area contributed by atoms with Gasteiger partial charge in [-0.1, -0.05) is 18.2 Å². The average Bonchev–Trinajstić information content (AvgIpc) is 2.60. The van der Waals surface area contributed by atoms with E-state index in [1.807, 2.05) is 37.4 Å². The van der Waals surface area contributed by atoms with Crippen LogP contribution in [-0.2, 0) is 19.1 Å². The van der Waals surface area contributed by atoms with Crippen LogP contribution in [0.2, 0.25) is 0 Å². The number of anilines is 1. The Morgan fingerprint density at radius 1 is 1.15 bits per heavy atom. The van der Waals surface area contributed by atoms with Gasteiger partial charge in [-0.15, -0.1) is 0 Å². The second-order valence-electron chi connectivity index (χ2n) is 5.72. The molecular formula is C21H23NO4. The van der Waals surface area contributed by atoms with E-state index in [9.17, 15) is 9.59 Å². The molecule has 1 aliphatic heterocycles. The zero-order chi connectivity index (χ0) is 19.1. The van der Waals surface area contributed by atoms with Crippen LogP contribution >= 0.6 is 0 Å². The molecule has 0 saturated heterocycles. The van der Waals surface area contributed by atoms with Gasteiger partial charge in [0.15, 0.2) is 5.78 Å². The van der Waals surface area contributed by atoms with Crippen LogP contribution in [0.25, 0.3) is 6.08 Å². The molecule has 0 radical (unpaired) electrons. The van der Waals surface area contributed by atoms with Crippen molar-refractivity contribution in [2.75, 3.05) is 19.0 Å². The number of carbonyl (C=O) groups is 2. The molecule has 0 spiro atoms. The Morgan fingerprint density at radius 2 is 1.85 bits per heavy atom. The van der Waals surface area contributed by atoms with Gasteiger partial charge in [0.1, 0.15) is 17.1 Å². The van der Waals surface area contributed by atoms with Crippen LogP contribution in [-0.4, -0.2) is 25.4 Å². The van der Waals surface area contributed by atoms with Gasteiger partial charge in [0, 0.05) is 12.7 Å². The molecule has 0 bridgehead atoms. The normalized spacial score (nSPS) is 15.7. The Bertz CT molecular complexity index is 811. The van der Waals surface area contributed by atoms with E-state index in [0.29, 0.717) is 17.1 Å². The second kappa shape index (κ2) is 8.85. The van der Waals surface area contributed by atoms with Crippen LogP contribution in [0.1, 0.15) is 26.3 Å². The topological polar surface area (TPSA) is 64.6 Å². The summed E-state index contributed by atoms with van der Waals surface area (Å²) in [4.78, 5) is 24.0. The molecule has 0 atom stereocenters. The molecule has 0 saturated carbocycles. The summed E-state index contributed by atoms with van der Waals surface area (Å²) in [5.41, 5.74) is 2.55. The lowest BCUT2D eigenvalue weighted by atomic mass is 10.0. The van der Waals surface area contributed by atoms with Gasteiger partial charge in [0.25, 0.3) is 0 Å². The van der Waals surface area contributed by atoms with Gasteiger partial charge in [-0.2, -0.15) is 0 Å². The van der Waals surface area contributed by atoms with E-state index in [-0.39, 0.29) is 18.0 Å². The third-order valence-electron chi connectivity index (χ3n) is 3.70. The third kappa shape index (κ3) is 4.96. The van der Waals surface area contributed by atoms with Gasteiger partial charge in [-0.3, -0.25) is 4.79 Å². The predicted octanol–water partition coefficient (Wildman–Crippen LogP) is 4.01. The molecule has 26 heavy (non-hydrogen) atoms. The molecule has 5 nitrogen and oxygen atoms in total. The van der Waals surface area contributed by atoms with Crippen molar-refractivity contribution in [3.63, 3.8) is 0 Å². The second-order valence-corrected chi connectivity index (χ2v) is 5.72. The molecule has 1 N–H and O–H groups in total. The first-order valence-corrected chi connectivity index (χ1v) is 8.40. The van der Waals surface area contributed by atoms with Crippen LogP contribution in [0.4, 0.5) is 5.69 Å². The van der Waals surface area contributed by atoms with E-state index < -0.39 is 5.97 Å². The third-order valence-corrected chi connectivity index (χ3v) is 3.70. The zero-order valence-corrected chi connectivity index (χ0v) is 15.5. The number of hydrogen-bond donors (Lipinski definition) is 1. The molecule has 2 rings (SSSR count). The van der Waals surface area contributed by atoms with E-state index in [1.54, 1.807) is 32.1 Å². The molecule has 0 amide bonds. The summed E-state index contributed by atoms with van der Waals surface area (Å²) >= 11 is 0. The fraction of sp³-hybridized carbons (Fsp3) is 0.238. The number of Topliss-reactive ketones (excluding diaryl/α,β-unsaturated/α-hetero) is 1. The maximum absolute atomic E-state index is 12.1. The quantitative estimate of drug-likeness (QED) is 0.362. The van der Waals surface area contributed by atoms with E-state index in [0.717, 1.165) is 11.3 Å². The highest BCUT2D eigenvalue weighted by Gasteiger charge is 2.21. The Balaban J connectivity index is 2.33. The summed E-state index contributed by atoms with van der Waals surface area (Å²) in [5, 5.41) is 3.07. The highest BCUT2D eigenvalue weighted by Crippen LogP contribution is 2.24. The number of esters is 1. The molecule has 1 aliphatic rings. The number of ketones is 1. The first-order chi connectivity index (χ1) is 12.4. The Kier molecular flexibility index (Phi) is 6.55. The number of benzene rings is 1. The van der Waals surface area contributed by atoms with Crippen molar-refractivity contribution in [3.05, 3.63) is 70.7 Å². The van der Waals surface area contributed by atoms with E-state index in [4.69, 9.17) is 9.47 Å². The van der Waals surface area contributed by atoms with Gasteiger partial charge < -0.3 is 14.8 Å². The van der Waals surface area contributed by atoms with E-state index >= 15 is 0 Å². The lowest BCUT2D eigenvalue weighted by Gasteiger charge is -2.15. The maximum Gasteiger partial charge on any atom is 0.342 e. The largest absolute Gasteiger partial charge is 0.462 e. The first kappa shape index (κ1) is 19.2. The van der Waals surface area contributed by atoms with Crippen molar-refractivity contribution >= 4 is 23.5 Å². The SMILES string of the molecule is CCOC(=O)/C(C(C)=O)=C1/C=C(C)OC(C=Cc2ccc(NC)cc2)=C1. The van der Waals surface area contributed by atoms with Crippen LogP contribution < -0.4 is 5.32 Å². The summed E-state index contributed by atoms with van der Waals surface area (Å²) in [7, 11) is 1.87. The van der Waals surface area contributed by atoms with E-state index in [1.165, 1.54) is 6.92 Å². The van der Waals surface area contributed by atoms with Crippen molar-refractivity contribution in [3.8, 4) is 0 Å². The smallest absolute Gasteiger partial charge is 0.342 e. The van der Waals surface area contributed by atoms with Gasteiger partial charge in [0.05, 0.1) is 6.61 Å². The Morgan fingerprint density at radius 3 is 2.42 bits per heavy atom. The summed E-state index contributed by atoms with van der Waals surface area (Å²) in [5.74, 6) is 0.172. The molecule has 0 aromatic heterocycles. The summed E-state index contributed by atoms with van der Waals surface area (Å²) < 4.78 is 10.7. The molecule has 0 fully saturated rings. The number of carbonyl (C=O) groups excluding carboxylic acids is 2. The fourth-order valence-corrected chi connectivity index (χ4v) is 2.49. The van der Waals surface area contributed by atoms with Gasteiger partial charge in [-0.25, -0.2) is 4.79 Å². The lowest BCUT2D eigenvalue weighted by Crippen LogP contribution is -2.16. The van der Waals surface area contributed by atoms with Crippen molar-refractivity contribution in [1.82, 2.24) is 0 Å². The van der Waals surface area contributed by atoms with Gasteiger partial charge in [-0.05, 0) is 62.3 Å². The van der Waals surface area contributed by atoms with Crippen LogP contribution in [0.5, 0.6) is 0 Å². The predicted molar refractivity (Wildman–Crippen MR) is 102 cm³/mol. The molecule has 1 heterocycles. The van der Waals surface area contributed by atoms with Crippen LogP contribution in [0.15, 0.2) is 65.2 Å². The minimum absolute atomic E-state index is 0.0266. The van der Waals surface area contributed by atoms with Crippen molar-refractivity contribution in [1.29, 1.82) is 0 Å². The highest BCUT2D eigenvalue weighted by atomic mass is 16.5. The molecule has 1 aromatic carbocycles. The highest BCUT2D eigenvalue weighted by molar-refractivity contribution is 6.17. The molecule has 0 unspecified atom stereocenters. The number of rotatable bonds is 6. The molecule has 0 aliphatic carbocycles. The standard InChI is InChI=1S/C21H23NO4/c1-5-25-21(24)20(15(3)23)17-12-14(2)26-19(13-17)11-8-16-6-9-18(22-4)10-7-16/h6-13,22H,5H2,1-4H3/b11-8?,20-17-. The van der Waals surface area contributed by atoms with Crippen LogP contribution in [0.3, 0.4) is 0 Å². The average molecular weight is 353 g/mol. The minimum Gasteiger partial charge on any atom is -0.462 e. The number of ether oxygens (including phenoxy) is 2. The monoisotopic (exact) mass is 353 g/mol. The Labute approximate surface area is 153 Å². The number of hydrogen-bond acceptors (Lipinski definition) is 5. The maximum atomic E-state index is 12.1. The van der Waals surface area contributed by atoms with Crippen LogP contribution in [0, 0.1) is 0 Å². The number of allylic oxidation sites excluding steroid dienone is 5. The van der Waals surface area contributed by atoms with Crippen molar-refractivity contribution < 1.29 is 19.1 Å². The Hall–Kier alpha value is -3.08. The molecule has 136 valence electrons. The first-order valence-electron chi connectivity index (χ1n) is 8.40. The fourth-order valence-electron chi connectivity index (χ4n) is 2.49. The molecule has 1 aromatic rings. The summed E-state index contributed by atoms with van der Waals surface area (Å²) in [6, 6.07) is 7.90. The minimum atomic E-state index is -0.622. The molecular weight excluding hydrogens is 330 g/mol. The van der Waals surface area contributed by atoms with Crippen molar-refractivity contribution in [2.24, 2.45) is 0 Å². The molecule has 5 heteroatoms. The zero-order valence-electron chi connectivity index (χ0n) is 15.5. The lowest BCUT2D eigenvalue weighted by molar-refractivity contribution is -0.139. The number of nitrogens with one attached hydrogen (secondary N) is 1. The van der Waals surface area contributed by atoms with E-state index in [2.05, 4.69) is 5.32 Å². The summed E-state index contributed by atoms with van der Waals surface area (Å²) in [6.07, 6.45) is 7.03.